The number of pyridine rings is 1. The van der Waals surface area contributed by atoms with Crippen LogP contribution in [0.4, 0.5) is 0 Å². The minimum atomic E-state index is -0.249. The summed E-state index contributed by atoms with van der Waals surface area (Å²) < 4.78 is 6.19. The topological polar surface area (TPSA) is 39.2 Å². The van der Waals surface area contributed by atoms with Crippen molar-refractivity contribution in [1.82, 2.24) is 4.98 Å². The minimum absolute atomic E-state index is 0.215. The van der Waals surface area contributed by atoms with E-state index in [0.29, 0.717) is 0 Å². The van der Waals surface area contributed by atoms with Crippen molar-refractivity contribution >= 4 is 21.9 Å². The highest BCUT2D eigenvalue weighted by molar-refractivity contribution is 9.10. The van der Waals surface area contributed by atoms with Crippen LogP contribution in [-0.2, 0) is 22.6 Å². The number of ether oxygens (including phenoxy) is 1. The minimum Gasteiger partial charge on any atom is -0.459 e. The van der Waals surface area contributed by atoms with E-state index in [1.165, 1.54) is 0 Å². The number of halogens is 1. The van der Waals surface area contributed by atoms with Gasteiger partial charge in [0.1, 0.15) is 6.61 Å². The van der Waals surface area contributed by atoms with Crippen molar-refractivity contribution in [3.63, 3.8) is 0 Å². The number of aromatic nitrogens is 1. The van der Waals surface area contributed by atoms with Gasteiger partial charge in [0.25, 0.3) is 0 Å². The molecule has 1 heterocycles. The Hall–Kier alpha value is -1.68. The number of esters is 1. The van der Waals surface area contributed by atoms with Gasteiger partial charge >= 0.3 is 5.97 Å². The van der Waals surface area contributed by atoms with Crippen molar-refractivity contribution in [3.05, 3.63) is 63.9 Å². The van der Waals surface area contributed by atoms with Crippen molar-refractivity contribution in [3.8, 4) is 0 Å². The molecule has 1 aromatic heterocycles. The molecule has 0 fully saturated rings. The van der Waals surface area contributed by atoms with E-state index >= 15 is 0 Å². The quantitative estimate of drug-likeness (QED) is 0.810. The van der Waals surface area contributed by atoms with Crippen LogP contribution in [0, 0.1) is 6.92 Å². The molecule has 0 N–H and O–H groups in total. The van der Waals surface area contributed by atoms with E-state index in [4.69, 9.17) is 4.74 Å². The average molecular weight is 320 g/mol. The molecule has 0 aliphatic heterocycles. The number of nitrogens with zero attached hydrogens (tertiary/aromatic N) is 1. The Bertz CT molecular complexity index is 570. The van der Waals surface area contributed by atoms with Gasteiger partial charge in [-0.05, 0) is 36.2 Å². The van der Waals surface area contributed by atoms with Gasteiger partial charge in [0.2, 0.25) is 0 Å². The van der Waals surface area contributed by atoms with Crippen LogP contribution in [0.2, 0.25) is 0 Å². The van der Waals surface area contributed by atoms with E-state index < -0.39 is 0 Å². The average Bonchev–Trinajstić information content (AvgIpc) is 2.42. The zero-order chi connectivity index (χ0) is 13.7. The van der Waals surface area contributed by atoms with Crippen LogP contribution in [0.5, 0.6) is 0 Å². The molecule has 0 amide bonds. The van der Waals surface area contributed by atoms with E-state index in [0.717, 1.165) is 21.3 Å². The highest BCUT2D eigenvalue weighted by Gasteiger charge is 2.07. The molecule has 2 rings (SSSR count). The Morgan fingerprint density at radius 1 is 1.32 bits per heavy atom. The van der Waals surface area contributed by atoms with E-state index in [-0.39, 0.29) is 19.0 Å². The maximum Gasteiger partial charge on any atom is 0.310 e. The molecule has 0 aliphatic carbocycles. The summed E-state index contributed by atoms with van der Waals surface area (Å²) in [4.78, 5) is 15.8. The first-order valence-corrected chi connectivity index (χ1v) is 6.75. The number of aryl methyl sites for hydroxylation is 1. The van der Waals surface area contributed by atoms with Gasteiger partial charge in [0.15, 0.2) is 0 Å². The monoisotopic (exact) mass is 319 g/mol. The van der Waals surface area contributed by atoms with E-state index in [9.17, 15) is 4.79 Å². The summed E-state index contributed by atoms with van der Waals surface area (Å²) in [7, 11) is 0. The van der Waals surface area contributed by atoms with Crippen molar-refractivity contribution < 1.29 is 9.53 Å². The molecule has 0 unspecified atom stereocenters. The summed E-state index contributed by atoms with van der Waals surface area (Å²) in [5.41, 5.74) is 2.83. The third-order valence-electron chi connectivity index (χ3n) is 2.69. The Balaban J connectivity index is 1.89. The normalized spacial score (nSPS) is 10.2. The number of hydrogen-bond acceptors (Lipinski definition) is 3. The lowest BCUT2D eigenvalue weighted by Crippen LogP contribution is -2.08. The highest BCUT2D eigenvalue weighted by Crippen LogP contribution is 2.18. The predicted octanol–water partition coefficient (Wildman–Crippen LogP) is 3.44. The van der Waals surface area contributed by atoms with Crippen molar-refractivity contribution in [2.75, 3.05) is 0 Å². The van der Waals surface area contributed by atoms with Crippen LogP contribution >= 0.6 is 15.9 Å². The molecule has 4 heteroatoms. The summed E-state index contributed by atoms with van der Waals surface area (Å²) >= 11 is 3.45. The lowest BCUT2D eigenvalue weighted by Gasteiger charge is -2.06. The molecule has 0 spiro atoms. The van der Waals surface area contributed by atoms with Crippen LogP contribution in [-0.4, -0.2) is 11.0 Å². The molecule has 0 radical (unpaired) electrons. The lowest BCUT2D eigenvalue weighted by atomic mass is 10.1. The largest absolute Gasteiger partial charge is 0.459 e. The first kappa shape index (κ1) is 13.7. The zero-order valence-corrected chi connectivity index (χ0v) is 12.2. The van der Waals surface area contributed by atoms with Gasteiger partial charge in [0.05, 0.1) is 12.1 Å². The SMILES string of the molecule is Cc1ccc(CC(=O)OCc2ccccn2)cc1Br. The maximum atomic E-state index is 11.7. The predicted molar refractivity (Wildman–Crippen MR) is 76.6 cm³/mol. The Morgan fingerprint density at radius 2 is 2.16 bits per heavy atom. The van der Waals surface area contributed by atoms with Gasteiger partial charge in [-0.15, -0.1) is 0 Å². The second-order valence-corrected chi connectivity index (χ2v) is 5.10. The fraction of sp³-hybridized carbons (Fsp3) is 0.200. The van der Waals surface area contributed by atoms with Crippen LogP contribution < -0.4 is 0 Å². The smallest absolute Gasteiger partial charge is 0.310 e. The molecule has 0 atom stereocenters. The first-order valence-electron chi connectivity index (χ1n) is 5.96. The van der Waals surface area contributed by atoms with Crippen LogP contribution in [0.25, 0.3) is 0 Å². The zero-order valence-electron chi connectivity index (χ0n) is 10.6. The molecule has 0 bridgehead atoms. The molecule has 1 aromatic carbocycles. The molecular formula is C15H14BrNO2. The van der Waals surface area contributed by atoms with Crippen molar-refractivity contribution in [1.29, 1.82) is 0 Å². The van der Waals surface area contributed by atoms with Gasteiger partial charge in [0, 0.05) is 10.7 Å². The molecule has 0 saturated carbocycles. The molecule has 98 valence electrons. The van der Waals surface area contributed by atoms with E-state index in [1.54, 1.807) is 6.20 Å². The molecule has 0 saturated heterocycles. The summed E-state index contributed by atoms with van der Waals surface area (Å²) in [6, 6.07) is 11.4. The number of carbonyl (C=O) groups is 1. The van der Waals surface area contributed by atoms with Gasteiger partial charge in [-0.3, -0.25) is 9.78 Å². The van der Waals surface area contributed by atoms with Crippen molar-refractivity contribution in [2.45, 2.75) is 20.0 Å². The number of rotatable bonds is 4. The summed E-state index contributed by atoms with van der Waals surface area (Å²) in [6.07, 6.45) is 1.95. The molecular weight excluding hydrogens is 306 g/mol. The molecule has 0 aliphatic rings. The van der Waals surface area contributed by atoms with Crippen LogP contribution in [0.1, 0.15) is 16.8 Å². The summed E-state index contributed by atoms with van der Waals surface area (Å²) in [5.74, 6) is -0.249. The fourth-order valence-corrected chi connectivity index (χ4v) is 2.03. The maximum absolute atomic E-state index is 11.7. The highest BCUT2D eigenvalue weighted by atomic mass is 79.9. The lowest BCUT2D eigenvalue weighted by molar-refractivity contribution is -0.144. The molecule has 2 aromatic rings. The molecule has 3 nitrogen and oxygen atoms in total. The third kappa shape index (κ3) is 4.17. The second kappa shape index (κ2) is 6.48. The second-order valence-electron chi connectivity index (χ2n) is 4.24. The number of carbonyl (C=O) groups excluding carboxylic acids is 1. The van der Waals surface area contributed by atoms with Crippen LogP contribution in [0.15, 0.2) is 47.1 Å². The van der Waals surface area contributed by atoms with Gasteiger partial charge in [-0.2, -0.15) is 0 Å². The number of hydrogen-bond donors (Lipinski definition) is 0. The Labute approximate surface area is 120 Å². The standard InChI is InChI=1S/C15H14BrNO2/c1-11-5-6-12(8-14(11)16)9-15(18)19-10-13-4-2-3-7-17-13/h2-8H,9-10H2,1H3. The van der Waals surface area contributed by atoms with Gasteiger partial charge in [-0.25, -0.2) is 0 Å². The third-order valence-corrected chi connectivity index (χ3v) is 3.55. The number of benzene rings is 1. The van der Waals surface area contributed by atoms with E-state index in [1.807, 2.05) is 43.3 Å². The first-order chi connectivity index (χ1) is 9.15. The Morgan fingerprint density at radius 3 is 2.84 bits per heavy atom. The summed E-state index contributed by atoms with van der Waals surface area (Å²) in [6.45, 7) is 2.22. The van der Waals surface area contributed by atoms with E-state index in [2.05, 4.69) is 20.9 Å². The molecule has 19 heavy (non-hydrogen) atoms. The van der Waals surface area contributed by atoms with Gasteiger partial charge < -0.3 is 4.74 Å². The van der Waals surface area contributed by atoms with Gasteiger partial charge in [-0.1, -0.05) is 34.1 Å². The fourth-order valence-electron chi connectivity index (χ4n) is 1.60. The van der Waals surface area contributed by atoms with Crippen molar-refractivity contribution in [2.24, 2.45) is 0 Å². The summed E-state index contributed by atoms with van der Waals surface area (Å²) in [5, 5.41) is 0. The Kier molecular flexibility index (Phi) is 4.68. The van der Waals surface area contributed by atoms with Crippen LogP contribution in [0.3, 0.4) is 0 Å².